The summed E-state index contributed by atoms with van der Waals surface area (Å²) in [5, 5.41) is 0. The molecule has 1 unspecified atom stereocenters. The number of ketones is 1. The zero-order chi connectivity index (χ0) is 17.6. The fraction of sp³-hybridized carbons (Fsp3) is 0.619. The molecular formula is C21H32O3. The lowest BCUT2D eigenvalue weighted by atomic mass is 9.93. The van der Waals surface area contributed by atoms with E-state index in [-0.39, 0.29) is 24.1 Å². The minimum Gasteiger partial charge on any atom is -0.466 e. The maximum absolute atomic E-state index is 11.9. The molecule has 0 saturated carbocycles. The summed E-state index contributed by atoms with van der Waals surface area (Å²) >= 11 is 0. The van der Waals surface area contributed by atoms with Crippen LogP contribution in [-0.2, 0) is 20.7 Å². The summed E-state index contributed by atoms with van der Waals surface area (Å²) < 4.78 is 5.30. The normalized spacial score (nSPS) is 11.9. The molecule has 0 radical (unpaired) electrons. The molecule has 0 amide bonds. The zero-order valence-electron chi connectivity index (χ0n) is 15.3. The Morgan fingerprint density at radius 3 is 2.21 bits per heavy atom. The lowest BCUT2D eigenvalue weighted by Gasteiger charge is -2.13. The van der Waals surface area contributed by atoms with E-state index in [2.05, 4.69) is 6.92 Å². The Kier molecular flexibility index (Phi) is 10.8. The first kappa shape index (κ1) is 20.4. The number of hydrogen-bond acceptors (Lipinski definition) is 3. The third kappa shape index (κ3) is 9.49. The van der Waals surface area contributed by atoms with Gasteiger partial charge in [0.15, 0.2) is 0 Å². The van der Waals surface area contributed by atoms with Crippen LogP contribution in [0.5, 0.6) is 0 Å². The SMILES string of the molecule is CCCCCCCCCOC(=O)CC(Cc1ccccc1)C(C)=O. The van der Waals surface area contributed by atoms with Gasteiger partial charge in [-0.1, -0.05) is 75.8 Å². The fourth-order valence-corrected chi connectivity index (χ4v) is 2.76. The Balaban J connectivity index is 2.20. The van der Waals surface area contributed by atoms with Gasteiger partial charge in [0.25, 0.3) is 0 Å². The Hall–Kier alpha value is -1.64. The van der Waals surface area contributed by atoms with Crippen LogP contribution in [0.3, 0.4) is 0 Å². The first-order valence-electron chi connectivity index (χ1n) is 9.33. The van der Waals surface area contributed by atoms with Gasteiger partial charge in [0, 0.05) is 5.92 Å². The van der Waals surface area contributed by atoms with Crippen molar-refractivity contribution in [3.8, 4) is 0 Å². The van der Waals surface area contributed by atoms with Crippen LogP contribution in [0.15, 0.2) is 30.3 Å². The predicted molar refractivity (Wildman–Crippen MR) is 97.9 cm³/mol. The van der Waals surface area contributed by atoms with E-state index < -0.39 is 0 Å². The van der Waals surface area contributed by atoms with E-state index in [0.717, 1.165) is 18.4 Å². The van der Waals surface area contributed by atoms with Crippen LogP contribution in [0.2, 0.25) is 0 Å². The number of esters is 1. The number of unbranched alkanes of at least 4 members (excludes halogenated alkanes) is 6. The molecule has 0 aromatic heterocycles. The van der Waals surface area contributed by atoms with Gasteiger partial charge in [-0.3, -0.25) is 9.59 Å². The van der Waals surface area contributed by atoms with Crippen LogP contribution in [0.25, 0.3) is 0 Å². The van der Waals surface area contributed by atoms with E-state index >= 15 is 0 Å². The lowest BCUT2D eigenvalue weighted by Crippen LogP contribution is -2.20. The van der Waals surface area contributed by atoms with E-state index in [1.54, 1.807) is 6.92 Å². The Bertz CT molecular complexity index is 467. The van der Waals surface area contributed by atoms with Crippen molar-refractivity contribution in [3.05, 3.63) is 35.9 Å². The van der Waals surface area contributed by atoms with Crippen molar-refractivity contribution in [1.82, 2.24) is 0 Å². The van der Waals surface area contributed by atoms with Crippen LogP contribution >= 0.6 is 0 Å². The molecule has 0 aliphatic rings. The van der Waals surface area contributed by atoms with Crippen LogP contribution in [0.1, 0.15) is 70.8 Å². The van der Waals surface area contributed by atoms with Crippen molar-refractivity contribution in [1.29, 1.82) is 0 Å². The molecule has 0 bridgehead atoms. The summed E-state index contributed by atoms with van der Waals surface area (Å²) in [5.74, 6) is -0.488. The van der Waals surface area contributed by atoms with Crippen LogP contribution in [0.4, 0.5) is 0 Å². The molecule has 0 spiro atoms. The molecule has 1 aromatic carbocycles. The second-order valence-corrected chi connectivity index (χ2v) is 6.54. The standard InChI is InChI=1S/C21H32O3/c1-3-4-5-6-7-8-12-15-24-21(23)17-20(18(2)22)16-19-13-10-9-11-14-19/h9-11,13-14,20H,3-8,12,15-17H2,1-2H3. The summed E-state index contributed by atoms with van der Waals surface area (Å²) in [4.78, 5) is 23.7. The van der Waals surface area contributed by atoms with Crippen molar-refractivity contribution in [2.24, 2.45) is 5.92 Å². The largest absolute Gasteiger partial charge is 0.466 e. The van der Waals surface area contributed by atoms with E-state index in [4.69, 9.17) is 4.74 Å². The summed E-state index contributed by atoms with van der Waals surface area (Å²) in [5.41, 5.74) is 1.08. The highest BCUT2D eigenvalue weighted by atomic mass is 16.5. The van der Waals surface area contributed by atoms with Crippen molar-refractivity contribution < 1.29 is 14.3 Å². The first-order valence-corrected chi connectivity index (χ1v) is 9.33. The molecule has 0 aliphatic heterocycles. The van der Waals surface area contributed by atoms with Crippen LogP contribution in [0, 0.1) is 5.92 Å². The topological polar surface area (TPSA) is 43.4 Å². The van der Waals surface area contributed by atoms with E-state index in [1.165, 1.54) is 32.1 Å². The monoisotopic (exact) mass is 332 g/mol. The fourth-order valence-electron chi connectivity index (χ4n) is 2.76. The maximum atomic E-state index is 11.9. The molecule has 1 atom stereocenters. The van der Waals surface area contributed by atoms with Crippen LogP contribution < -0.4 is 0 Å². The second kappa shape index (κ2) is 12.7. The van der Waals surface area contributed by atoms with Gasteiger partial charge >= 0.3 is 5.97 Å². The number of carbonyl (C=O) groups is 2. The smallest absolute Gasteiger partial charge is 0.306 e. The van der Waals surface area contributed by atoms with Gasteiger partial charge in [0.05, 0.1) is 13.0 Å². The van der Waals surface area contributed by atoms with Gasteiger partial charge in [-0.15, -0.1) is 0 Å². The Morgan fingerprint density at radius 1 is 0.958 bits per heavy atom. The van der Waals surface area contributed by atoms with Crippen molar-refractivity contribution in [3.63, 3.8) is 0 Å². The summed E-state index contributed by atoms with van der Waals surface area (Å²) in [7, 11) is 0. The molecular weight excluding hydrogens is 300 g/mol. The van der Waals surface area contributed by atoms with Gasteiger partial charge in [0.1, 0.15) is 5.78 Å². The zero-order valence-corrected chi connectivity index (χ0v) is 15.3. The number of Topliss-reactive ketones (excluding diaryl/α,β-unsaturated/α-hetero) is 1. The third-order valence-corrected chi connectivity index (χ3v) is 4.32. The second-order valence-electron chi connectivity index (χ2n) is 6.54. The van der Waals surface area contributed by atoms with Crippen molar-refractivity contribution >= 4 is 11.8 Å². The van der Waals surface area contributed by atoms with Gasteiger partial charge in [-0.25, -0.2) is 0 Å². The molecule has 0 heterocycles. The quantitative estimate of drug-likeness (QED) is 0.372. The number of benzene rings is 1. The molecule has 0 fully saturated rings. The molecule has 0 saturated heterocycles. The van der Waals surface area contributed by atoms with Crippen molar-refractivity contribution in [2.45, 2.75) is 71.6 Å². The molecule has 3 nitrogen and oxygen atoms in total. The van der Waals surface area contributed by atoms with Crippen molar-refractivity contribution in [2.75, 3.05) is 6.61 Å². The summed E-state index contributed by atoms with van der Waals surface area (Å²) in [6.45, 7) is 4.24. The molecule has 24 heavy (non-hydrogen) atoms. The maximum Gasteiger partial charge on any atom is 0.306 e. The molecule has 3 heteroatoms. The van der Waals surface area contributed by atoms with Gasteiger partial charge in [-0.2, -0.15) is 0 Å². The van der Waals surface area contributed by atoms with Gasteiger partial charge < -0.3 is 4.74 Å². The number of hydrogen-bond donors (Lipinski definition) is 0. The lowest BCUT2D eigenvalue weighted by molar-refractivity contribution is -0.146. The highest BCUT2D eigenvalue weighted by molar-refractivity contribution is 5.83. The van der Waals surface area contributed by atoms with Gasteiger partial charge in [0.2, 0.25) is 0 Å². The summed E-state index contributed by atoms with van der Waals surface area (Å²) in [6.07, 6.45) is 9.16. The number of ether oxygens (including phenoxy) is 1. The Labute approximate surface area is 146 Å². The van der Waals surface area contributed by atoms with Crippen LogP contribution in [-0.4, -0.2) is 18.4 Å². The minimum atomic E-state index is -0.283. The van der Waals surface area contributed by atoms with E-state index in [0.29, 0.717) is 13.0 Å². The molecule has 1 aromatic rings. The summed E-state index contributed by atoms with van der Waals surface area (Å²) in [6, 6.07) is 9.82. The molecule has 0 N–H and O–H groups in total. The minimum absolute atomic E-state index is 0.0479. The highest BCUT2D eigenvalue weighted by Gasteiger charge is 2.19. The number of carbonyl (C=O) groups excluding carboxylic acids is 2. The van der Waals surface area contributed by atoms with E-state index in [9.17, 15) is 9.59 Å². The predicted octanol–water partition coefficient (Wildman–Crippen LogP) is 5.12. The van der Waals surface area contributed by atoms with Gasteiger partial charge in [-0.05, 0) is 25.3 Å². The molecule has 0 aliphatic carbocycles. The Morgan fingerprint density at radius 2 is 1.58 bits per heavy atom. The first-order chi connectivity index (χ1) is 11.6. The highest BCUT2D eigenvalue weighted by Crippen LogP contribution is 2.15. The average Bonchev–Trinajstić information content (AvgIpc) is 2.57. The molecule has 1 rings (SSSR count). The number of rotatable bonds is 13. The average molecular weight is 332 g/mol. The molecule has 134 valence electrons. The van der Waals surface area contributed by atoms with E-state index in [1.807, 2.05) is 30.3 Å². The third-order valence-electron chi connectivity index (χ3n) is 4.32.